The molecule has 21 heavy (non-hydrogen) atoms. The summed E-state index contributed by atoms with van der Waals surface area (Å²) in [7, 11) is 0. The fraction of sp³-hybridized carbons (Fsp3) is 0.562. The van der Waals surface area contributed by atoms with Crippen LogP contribution in [0.25, 0.3) is 0 Å². The van der Waals surface area contributed by atoms with Crippen LogP contribution in [0.4, 0.5) is 11.4 Å². The van der Waals surface area contributed by atoms with Crippen molar-refractivity contribution >= 4 is 28.9 Å². The van der Waals surface area contributed by atoms with Crippen molar-refractivity contribution < 1.29 is 4.79 Å². The SMILES string of the molecule is CC(C(=O)Nc1ccc(Cl)cc1N)N1CCC(C)(C)CC1. The maximum Gasteiger partial charge on any atom is 0.241 e. The minimum absolute atomic E-state index is 0.0243. The van der Waals surface area contributed by atoms with Crippen LogP contribution in [-0.2, 0) is 4.79 Å². The fourth-order valence-electron chi connectivity index (χ4n) is 2.57. The Bertz CT molecular complexity index is 520. The van der Waals surface area contributed by atoms with Gasteiger partial charge in [-0.15, -0.1) is 0 Å². The monoisotopic (exact) mass is 309 g/mol. The first kappa shape index (κ1) is 16.1. The number of hydrogen-bond donors (Lipinski definition) is 2. The van der Waals surface area contributed by atoms with Gasteiger partial charge in [0.05, 0.1) is 17.4 Å². The van der Waals surface area contributed by atoms with Gasteiger partial charge in [-0.25, -0.2) is 0 Å². The predicted molar refractivity (Wildman–Crippen MR) is 88.5 cm³/mol. The maximum absolute atomic E-state index is 12.4. The smallest absolute Gasteiger partial charge is 0.241 e. The Hall–Kier alpha value is -1.26. The molecule has 0 aromatic heterocycles. The van der Waals surface area contributed by atoms with Crippen molar-refractivity contribution in [3.05, 3.63) is 23.2 Å². The molecule has 0 bridgehead atoms. The van der Waals surface area contributed by atoms with Crippen LogP contribution in [0.5, 0.6) is 0 Å². The Morgan fingerprint density at radius 3 is 2.57 bits per heavy atom. The molecule has 1 aromatic carbocycles. The first-order valence-corrected chi connectivity index (χ1v) is 7.76. The number of nitrogen functional groups attached to an aromatic ring is 1. The Kier molecular flexibility index (Phi) is 4.79. The fourth-order valence-corrected chi connectivity index (χ4v) is 2.75. The number of benzene rings is 1. The van der Waals surface area contributed by atoms with Crippen LogP contribution < -0.4 is 11.1 Å². The molecule has 3 N–H and O–H groups in total. The summed E-state index contributed by atoms with van der Waals surface area (Å²) in [5, 5.41) is 3.46. The summed E-state index contributed by atoms with van der Waals surface area (Å²) in [6.07, 6.45) is 2.24. The molecule has 116 valence electrons. The van der Waals surface area contributed by atoms with Gasteiger partial charge in [-0.1, -0.05) is 25.4 Å². The van der Waals surface area contributed by atoms with E-state index in [0.29, 0.717) is 21.8 Å². The molecule has 2 rings (SSSR count). The highest BCUT2D eigenvalue weighted by molar-refractivity contribution is 6.31. The molecule has 1 amide bonds. The van der Waals surface area contributed by atoms with Crippen LogP contribution in [0.3, 0.4) is 0 Å². The summed E-state index contributed by atoms with van der Waals surface area (Å²) < 4.78 is 0. The van der Waals surface area contributed by atoms with Gasteiger partial charge in [0, 0.05) is 5.02 Å². The van der Waals surface area contributed by atoms with Crippen LogP contribution in [-0.4, -0.2) is 29.9 Å². The highest BCUT2D eigenvalue weighted by atomic mass is 35.5. The molecular formula is C16H24ClN3O. The molecule has 1 aliphatic heterocycles. The highest BCUT2D eigenvalue weighted by Crippen LogP contribution is 2.30. The zero-order valence-electron chi connectivity index (χ0n) is 12.9. The van der Waals surface area contributed by atoms with Crippen LogP contribution in [0.1, 0.15) is 33.6 Å². The molecule has 1 heterocycles. The highest BCUT2D eigenvalue weighted by Gasteiger charge is 2.30. The van der Waals surface area contributed by atoms with Crippen LogP contribution >= 0.6 is 11.6 Å². The van der Waals surface area contributed by atoms with E-state index < -0.39 is 0 Å². The minimum atomic E-state index is -0.156. The lowest BCUT2D eigenvalue weighted by Crippen LogP contribution is -2.47. The number of halogens is 1. The van der Waals surface area contributed by atoms with Crippen LogP contribution in [0.2, 0.25) is 5.02 Å². The topological polar surface area (TPSA) is 58.4 Å². The molecule has 4 nitrogen and oxygen atoms in total. The second-order valence-electron chi connectivity index (χ2n) is 6.60. The third-order valence-electron chi connectivity index (χ3n) is 4.35. The van der Waals surface area contributed by atoms with Gasteiger partial charge in [-0.3, -0.25) is 9.69 Å². The normalized spacial score (nSPS) is 20.0. The van der Waals surface area contributed by atoms with E-state index in [2.05, 4.69) is 24.1 Å². The maximum atomic E-state index is 12.4. The summed E-state index contributed by atoms with van der Waals surface area (Å²) >= 11 is 5.86. The van der Waals surface area contributed by atoms with E-state index in [4.69, 9.17) is 17.3 Å². The minimum Gasteiger partial charge on any atom is -0.397 e. The summed E-state index contributed by atoms with van der Waals surface area (Å²) in [6, 6.07) is 4.95. The van der Waals surface area contributed by atoms with Crippen molar-refractivity contribution in [1.29, 1.82) is 0 Å². The molecule has 1 fully saturated rings. The molecule has 0 spiro atoms. The molecule has 0 saturated carbocycles. The molecule has 1 aromatic rings. The van der Waals surface area contributed by atoms with Crippen molar-refractivity contribution in [3.63, 3.8) is 0 Å². The number of anilines is 2. The zero-order valence-corrected chi connectivity index (χ0v) is 13.7. The Morgan fingerprint density at radius 2 is 2.00 bits per heavy atom. The van der Waals surface area contributed by atoms with Crippen molar-refractivity contribution in [2.24, 2.45) is 5.41 Å². The Morgan fingerprint density at radius 1 is 1.38 bits per heavy atom. The summed E-state index contributed by atoms with van der Waals surface area (Å²) in [6.45, 7) is 8.42. The number of likely N-dealkylation sites (tertiary alicyclic amines) is 1. The van der Waals surface area contributed by atoms with Gasteiger partial charge in [-0.05, 0) is 56.5 Å². The predicted octanol–water partition coefficient (Wildman–Crippen LogP) is 3.37. The van der Waals surface area contributed by atoms with E-state index in [9.17, 15) is 4.79 Å². The zero-order chi connectivity index (χ0) is 15.6. The first-order chi connectivity index (χ1) is 9.78. The molecule has 0 aliphatic carbocycles. The number of rotatable bonds is 3. The second kappa shape index (κ2) is 6.24. The van der Waals surface area contributed by atoms with Gasteiger partial charge >= 0.3 is 0 Å². The van der Waals surface area contributed by atoms with E-state index in [-0.39, 0.29) is 11.9 Å². The molecule has 1 aliphatic rings. The first-order valence-electron chi connectivity index (χ1n) is 7.38. The lowest BCUT2D eigenvalue weighted by atomic mass is 9.82. The van der Waals surface area contributed by atoms with E-state index in [0.717, 1.165) is 25.9 Å². The van der Waals surface area contributed by atoms with Gasteiger partial charge in [0.1, 0.15) is 0 Å². The lowest BCUT2D eigenvalue weighted by Gasteiger charge is -2.39. The average molecular weight is 310 g/mol. The summed E-state index contributed by atoms with van der Waals surface area (Å²) in [5.74, 6) is -0.0243. The van der Waals surface area contributed by atoms with Gasteiger partial charge < -0.3 is 11.1 Å². The van der Waals surface area contributed by atoms with Gasteiger partial charge in [0.25, 0.3) is 0 Å². The van der Waals surface area contributed by atoms with Crippen LogP contribution in [0.15, 0.2) is 18.2 Å². The van der Waals surface area contributed by atoms with Gasteiger partial charge in [-0.2, -0.15) is 0 Å². The van der Waals surface area contributed by atoms with Crippen molar-refractivity contribution in [2.75, 3.05) is 24.1 Å². The third-order valence-corrected chi connectivity index (χ3v) is 4.59. The van der Waals surface area contributed by atoms with E-state index in [1.807, 2.05) is 6.92 Å². The van der Waals surface area contributed by atoms with E-state index in [1.54, 1.807) is 18.2 Å². The molecule has 0 radical (unpaired) electrons. The Balaban J connectivity index is 1.97. The summed E-state index contributed by atoms with van der Waals surface area (Å²) in [5.41, 5.74) is 7.36. The van der Waals surface area contributed by atoms with Gasteiger partial charge in [0.2, 0.25) is 5.91 Å². The lowest BCUT2D eigenvalue weighted by molar-refractivity contribution is -0.121. The third kappa shape index (κ3) is 4.11. The largest absolute Gasteiger partial charge is 0.397 e. The number of nitrogens with one attached hydrogen (secondary N) is 1. The quantitative estimate of drug-likeness (QED) is 0.842. The van der Waals surface area contributed by atoms with E-state index >= 15 is 0 Å². The number of carbonyl (C=O) groups excluding carboxylic acids is 1. The number of nitrogens with zero attached hydrogens (tertiary/aromatic N) is 1. The number of piperidine rings is 1. The summed E-state index contributed by atoms with van der Waals surface area (Å²) in [4.78, 5) is 14.6. The van der Waals surface area contributed by atoms with Crippen molar-refractivity contribution in [2.45, 2.75) is 39.7 Å². The van der Waals surface area contributed by atoms with E-state index in [1.165, 1.54) is 0 Å². The number of nitrogens with two attached hydrogens (primary N) is 1. The average Bonchev–Trinajstić information content (AvgIpc) is 2.41. The Labute approximate surface area is 131 Å². The number of carbonyl (C=O) groups is 1. The molecule has 1 atom stereocenters. The number of amides is 1. The molecule has 1 unspecified atom stereocenters. The second-order valence-corrected chi connectivity index (χ2v) is 7.03. The van der Waals surface area contributed by atoms with Crippen LogP contribution in [0, 0.1) is 5.41 Å². The van der Waals surface area contributed by atoms with Crippen molar-refractivity contribution in [1.82, 2.24) is 4.90 Å². The molecule has 1 saturated heterocycles. The standard InChI is InChI=1S/C16H24ClN3O/c1-11(20-8-6-16(2,3)7-9-20)15(21)19-14-5-4-12(17)10-13(14)18/h4-5,10-11H,6-9,18H2,1-3H3,(H,19,21). The van der Waals surface area contributed by atoms with Gasteiger partial charge in [0.15, 0.2) is 0 Å². The number of hydrogen-bond acceptors (Lipinski definition) is 3. The van der Waals surface area contributed by atoms with Crippen molar-refractivity contribution in [3.8, 4) is 0 Å². The molecule has 5 heteroatoms. The molecular weight excluding hydrogens is 286 g/mol.